The van der Waals surface area contributed by atoms with Crippen molar-refractivity contribution in [3.8, 4) is 0 Å². The van der Waals surface area contributed by atoms with Gasteiger partial charge in [-0.25, -0.2) is 0 Å². The van der Waals surface area contributed by atoms with Crippen molar-refractivity contribution in [2.75, 3.05) is 13.1 Å². The number of amides is 1. The Labute approximate surface area is 146 Å². The molecule has 130 valence electrons. The second kappa shape index (κ2) is 6.48. The van der Waals surface area contributed by atoms with Crippen molar-refractivity contribution in [3.05, 3.63) is 69.8 Å². The third kappa shape index (κ3) is 3.51. The van der Waals surface area contributed by atoms with Gasteiger partial charge in [0.05, 0.1) is 12.6 Å². The zero-order chi connectivity index (χ0) is 17.4. The maximum Gasteiger partial charge on any atom is 0.289 e. The minimum Gasteiger partial charge on any atom is -0.456 e. The molecular weight excluding hydrogens is 318 g/mol. The van der Waals surface area contributed by atoms with Crippen LogP contribution >= 0.6 is 0 Å². The Morgan fingerprint density at radius 3 is 2.56 bits per heavy atom. The quantitative estimate of drug-likeness (QED) is 0.863. The van der Waals surface area contributed by atoms with Crippen LogP contribution in [0.5, 0.6) is 0 Å². The van der Waals surface area contributed by atoms with Gasteiger partial charge in [-0.2, -0.15) is 0 Å². The predicted molar refractivity (Wildman–Crippen MR) is 92.4 cm³/mol. The second-order valence-corrected chi connectivity index (χ2v) is 6.89. The first kappa shape index (κ1) is 16.1. The van der Waals surface area contributed by atoms with Crippen molar-refractivity contribution < 1.29 is 13.9 Å². The summed E-state index contributed by atoms with van der Waals surface area (Å²) in [5.41, 5.74) is 0.857. The van der Waals surface area contributed by atoms with Gasteiger partial charge in [-0.05, 0) is 31.2 Å². The molecule has 1 aliphatic heterocycles. The van der Waals surface area contributed by atoms with E-state index in [1.165, 1.54) is 12.1 Å². The monoisotopic (exact) mass is 339 g/mol. The highest BCUT2D eigenvalue weighted by molar-refractivity contribution is 5.91. The Bertz CT molecular complexity index is 825. The average molecular weight is 339 g/mol. The standard InChI is InChI=1S/C20H21NO4/c1-13-9-16(22)10-17(24-13)20(23)21-11-18(14-5-3-2-4-6-14)25-19(12-21)15-7-8-15/h2-6,9-10,15,18-19H,7-8,11-12H2,1H3/t18-,19+/m0/s1. The van der Waals surface area contributed by atoms with Gasteiger partial charge in [0.1, 0.15) is 11.9 Å². The van der Waals surface area contributed by atoms with Gasteiger partial charge < -0.3 is 14.1 Å². The van der Waals surface area contributed by atoms with E-state index in [1.807, 2.05) is 30.3 Å². The van der Waals surface area contributed by atoms with Crippen molar-refractivity contribution >= 4 is 5.91 Å². The number of hydrogen-bond acceptors (Lipinski definition) is 4. The molecule has 1 aromatic carbocycles. The molecule has 25 heavy (non-hydrogen) atoms. The van der Waals surface area contributed by atoms with Gasteiger partial charge in [0.15, 0.2) is 11.2 Å². The maximum atomic E-state index is 12.9. The molecule has 5 heteroatoms. The molecule has 0 spiro atoms. The summed E-state index contributed by atoms with van der Waals surface area (Å²) in [5, 5.41) is 0. The molecule has 2 heterocycles. The van der Waals surface area contributed by atoms with Crippen LogP contribution in [0.25, 0.3) is 0 Å². The third-order valence-corrected chi connectivity index (χ3v) is 4.83. The van der Waals surface area contributed by atoms with Gasteiger partial charge in [0, 0.05) is 18.7 Å². The summed E-state index contributed by atoms with van der Waals surface area (Å²) in [7, 11) is 0. The Hall–Kier alpha value is -2.40. The molecule has 5 nitrogen and oxygen atoms in total. The summed E-state index contributed by atoms with van der Waals surface area (Å²) in [6.45, 7) is 2.69. The maximum absolute atomic E-state index is 12.9. The fourth-order valence-electron chi connectivity index (χ4n) is 3.40. The number of carbonyl (C=O) groups is 1. The highest BCUT2D eigenvalue weighted by atomic mass is 16.5. The van der Waals surface area contributed by atoms with Crippen molar-refractivity contribution in [2.24, 2.45) is 5.92 Å². The lowest BCUT2D eigenvalue weighted by molar-refractivity contribution is -0.0869. The van der Waals surface area contributed by atoms with Gasteiger partial charge in [-0.3, -0.25) is 9.59 Å². The molecule has 1 aromatic heterocycles. The molecule has 2 aliphatic rings. The molecule has 2 aromatic rings. The number of morpholine rings is 1. The van der Waals surface area contributed by atoms with E-state index in [-0.39, 0.29) is 29.3 Å². The Balaban J connectivity index is 1.61. The lowest BCUT2D eigenvalue weighted by Crippen LogP contribution is -2.47. The SMILES string of the molecule is Cc1cc(=O)cc(C(=O)N2C[C@@H](c3ccccc3)O[C@@H](C3CC3)C2)o1. The highest BCUT2D eigenvalue weighted by Gasteiger charge is 2.40. The zero-order valence-corrected chi connectivity index (χ0v) is 14.2. The highest BCUT2D eigenvalue weighted by Crippen LogP contribution is 2.39. The lowest BCUT2D eigenvalue weighted by Gasteiger charge is -2.38. The Morgan fingerprint density at radius 2 is 1.88 bits per heavy atom. The lowest BCUT2D eigenvalue weighted by atomic mass is 10.0. The summed E-state index contributed by atoms with van der Waals surface area (Å²) in [6.07, 6.45) is 2.18. The molecule has 1 saturated heterocycles. The van der Waals surface area contributed by atoms with Crippen molar-refractivity contribution in [1.29, 1.82) is 0 Å². The number of ether oxygens (including phenoxy) is 1. The molecule has 1 amide bonds. The van der Waals surface area contributed by atoms with E-state index in [1.54, 1.807) is 11.8 Å². The molecule has 2 atom stereocenters. The summed E-state index contributed by atoms with van der Waals surface area (Å²) >= 11 is 0. The summed E-state index contributed by atoms with van der Waals surface area (Å²) < 4.78 is 11.8. The minimum atomic E-state index is -0.240. The Kier molecular flexibility index (Phi) is 4.17. The third-order valence-electron chi connectivity index (χ3n) is 4.83. The van der Waals surface area contributed by atoms with E-state index in [4.69, 9.17) is 9.15 Å². The van der Waals surface area contributed by atoms with Gasteiger partial charge >= 0.3 is 0 Å². The molecule has 1 saturated carbocycles. The summed E-state index contributed by atoms with van der Waals surface area (Å²) in [4.78, 5) is 26.4. The van der Waals surface area contributed by atoms with E-state index in [0.29, 0.717) is 24.8 Å². The minimum absolute atomic E-state index is 0.0411. The normalized spacial score (nSPS) is 23.5. The first-order chi connectivity index (χ1) is 12.1. The topological polar surface area (TPSA) is 59.8 Å². The first-order valence-electron chi connectivity index (χ1n) is 8.71. The van der Waals surface area contributed by atoms with Crippen molar-refractivity contribution in [1.82, 2.24) is 4.90 Å². The first-order valence-corrected chi connectivity index (χ1v) is 8.71. The number of aryl methyl sites for hydroxylation is 1. The molecular formula is C20H21NO4. The molecule has 0 unspecified atom stereocenters. The zero-order valence-electron chi connectivity index (χ0n) is 14.2. The number of rotatable bonds is 3. The Morgan fingerprint density at radius 1 is 1.12 bits per heavy atom. The van der Waals surface area contributed by atoms with Crippen LogP contribution in [0.2, 0.25) is 0 Å². The molecule has 0 radical (unpaired) electrons. The van der Waals surface area contributed by atoms with Crippen LogP contribution in [0.4, 0.5) is 0 Å². The fraction of sp³-hybridized carbons (Fsp3) is 0.400. The van der Waals surface area contributed by atoms with Crippen LogP contribution in [0.15, 0.2) is 51.7 Å². The molecule has 0 N–H and O–H groups in total. The van der Waals surface area contributed by atoms with E-state index in [0.717, 1.165) is 18.4 Å². The van der Waals surface area contributed by atoms with Gasteiger partial charge in [-0.1, -0.05) is 30.3 Å². The van der Waals surface area contributed by atoms with Crippen molar-refractivity contribution in [2.45, 2.75) is 32.0 Å². The largest absolute Gasteiger partial charge is 0.456 e. The van der Waals surface area contributed by atoms with Gasteiger partial charge in [0.25, 0.3) is 5.91 Å². The molecule has 2 fully saturated rings. The van der Waals surface area contributed by atoms with Crippen LogP contribution in [0, 0.1) is 12.8 Å². The number of nitrogens with zero attached hydrogens (tertiary/aromatic N) is 1. The van der Waals surface area contributed by atoms with Crippen LogP contribution in [-0.2, 0) is 4.74 Å². The smallest absolute Gasteiger partial charge is 0.289 e. The van der Waals surface area contributed by atoms with Crippen LogP contribution in [0.3, 0.4) is 0 Å². The fourth-order valence-corrected chi connectivity index (χ4v) is 3.40. The predicted octanol–water partition coefficient (Wildman–Crippen LogP) is 2.94. The number of carbonyl (C=O) groups excluding carboxylic acids is 1. The summed E-state index contributed by atoms with van der Waals surface area (Å²) in [6, 6.07) is 12.6. The van der Waals surface area contributed by atoms with E-state index < -0.39 is 0 Å². The van der Waals surface area contributed by atoms with Gasteiger partial charge in [0.2, 0.25) is 0 Å². The van der Waals surface area contributed by atoms with E-state index >= 15 is 0 Å². The van der Waals surface area contributed by atoms with E-state index in [9.17, 15) is 9.59 Å². The summed E-state index contributed by atoms with van der Waals surface area (Å²) in [5.74, 6) is 0.831. The number of benzene rings is 1. The van der Waals surface area contributed by atoms with Crippen LogP contribution in [0.1, 0.15) is 40.8 Å². The number of hydrogen-bond donors (Lipinski definition) is 0. The molecule has 0 bridgehead atoms. The van der Waals surface area contributed by atoms with Crippen LogP contribution in [-0.4, -0.2) is 30.0 Å². The van der Waals surface area contributed by atoms with Gasteiger partial charge in [-0.15, -0.1) is 0 Å². The average Bonchev–Trinajstić information content (AvgIpc) is 3.46. The molecule has 1 aliphatic carbocycles. The van der Waals surface area contributed by atoms with E-state index in [2.05, 4.69) is 0 Å². The van der Waals surface area contributed by atoms with Crippen molar-refractivity contribution in [3.63, 3.8) is 0 Å². The second-order valence-electron chi connectivity index (χ2n) is 6.89. The molecule has 4 rings (SSSR count). The van der Waals surface area contributed by atoms with Crippen LogP contribution < -0.4 is 5.43 Å².